The topological polar surface area (TPSA) is 59.8 Å². The lowest BCUT2D eigenvalue weighted by Crippen LogP contribution is -2.18. The molecule has 0 radical (unpaired) electrons. The molecule has 33 heavy (non-hydrogen) atoms. The van der Waals surface area contributed by atoms with Crippen LogP contribution in [0.2, 0.25) is 0 Å². The molecule has 1 N–H and O–H groups in total. The van der Waals surface area contributed by atoms with Gasteiger partial charge in [-0.05, 0) is 73.9 Å². The van der Waals surface area contributed by atoms with Gasteiger partial charge >= 0.3 is 6.18 Å². The minimum Gasteiger partial charge on any atom is -0.326 e. The number of hydrogen-bond acceptors (Lipinski definition) is 3. The number of alkyl halides is 3. The molecule has 2 heterocycles. The molecule has 1 unspecified atom stereocenters. The van der Waals surface area contributed by atoms with E-state index in [1.54, 1.807) is 30.5 Å². The van der Waals surface area contributed by atoms with Crippen molar-refractivity contribution in [3.05, 3.63) is 83.8 Å². The van der Waals surface area contributed by atoms with Gasteiger partial charge in [-0.3, -0.25) is 9.78 Å². The van der Waals surface area contributed by atoms with E-state index >= 15 is 0 Å². The van der Waals surface area contributed by atoms with Gasteiger partial charge in [0, 0.05) is 28.9 Å². The summed E-state index contributed by atoms with van der Waals surface area (Å²) in [6.07, 6.45) is -1.04. The molecular weight excluding hydrogens is 429 g/mol. The molecule has 1 aliphatic carbocycles. The van der Waals surface area contributed by atoms with E-state index in [4.69, 9.17) is 0 Å². The lowest BCUT2D eigenvalue weighted by molar-refractivity contribution is -0.141. The van der Waals surface area contributed by atoms with Gasteiger partial charge in [0.05, 0.1) is 17.1 Å². The summed E-state index contributed by atoms with van der Waals surface area (Å²) in [6, 6.07) is 17.3. The van der Waals surface area contributed by atoms with Crippen molar-refractivity contribution < 1.29 is 18.0 Å². The van der Waals surface area contributed by atoms with Crippen molar-refractivity contribution in [1.82, 2.24) is 14.8 Å². The molecule has 2 aromatic carbocycles. The summed E-state index contributed by atoms with van der Waals surface area (Å²) in [5.74, 6) is -0.467. The maximum Gasteiger partial charge on any atom is 0.435 e. The molecule has 1 saturated carbocycles. The Kier molecular flexibility index (Phi) is 5.15. The molecule has 0 spiro atoms. The quantitative estimate of drug-likeness (QED) is 0.402. The zero-order chi connectivity index (χ0) is 23.2. The van der Waals surface area contributed by atoms with Gasteiger partial charge in [-0.2, -0.15) is 18.3 Å². The number of nitrogens with one attached hydrogen (secondary N) is 1. The van der Waals surface area contributed by atoms with E-state index in [-0.39, 0.29) is 11.8 Å². The number of aromatic nitrogens is 3. The maximum atomic E-state index is 13.2. The lowest BCUT2D eigenvalue weighted by atomic mass is 9.98. The Balaban J connectivity index is 1.33. The molecule has 1 atom stereocenters. The number of fused-ring (bicyclic) bond motifs is 1. The van der Waals surface area contributed by atoms with E-state index < -0.39 is 17.8 Å². The summed E-state index contributed by atoms with van der Waals surface area (Å²) >= 11 is 0. The van der Waals surface area contributed by atoms with Crippen molar-refractivity contribution in [3.63, 3.8) is 0 Å². The van der Waals surface area contributed by atoms with Crippen LogP contribution in [0.3, 0.4) is 0 Å². The van der Waals surface area contributed by atoms with Crippen LogP contribution in [0.15, 0.2) is 66.9 Å². The van der Waals surface area contributed by atoms with Crippen molar-refractivity contribution in [2.24, 2.45) is 0 Å². The first-order chi connectivity index (χ1) is 15.8. The van der Waals surface area contributed by atoms with Crippen LogP contribution in [0.1, 0.15) is 48.6 Å². The first-order valence-corrected chi connectivity index (χ1v) is 10.7. The summed E-state index contributed by atoms with van der Waals surface area (Å²) in [6.45, 7) is 1.82. The Morgan fingerprint density at radius 2 is 1.85 bits per heavy atom. The first kappa shape index (κ1) is 21.2. The minimum absolute atomic E-state index is 0.103. The Morgan fingerprint density at radius 3 is 2.55 bits per heavy atom. The predicted molar refractivity (Wildman–Crippen MR) is 119 cm³/mol. The molecule has 0 saturated heterocycles. The maximum absolute atomic E-state index is 13.2. The van der Waals surface area contributed by atoms with Gasteiger partial charge in [-0.1, -0.05) is 12.1 Å². The van der Waals surface area contributed by atoms with Gasteiger partial charge < -0.3 is 5.32 Å². The average Bonchev–Trinajstić information content (AvgIpc) is 3.55. The molecular formula is C25H21F3N4O. The van der Waals surface area contributed by atoms with Gasteiger partial charge in [-0.15, -0.1) is 0 Å². The second-order valence-electron chi connectivity index (χ2n) is 8.35. The number of rotatable bonds is 5. The van der Waals surface area contributed by atoms with E-state index in [1.807, 2.05) is 37.3 Å². The van der Waals surface area contributed by atoms with E-state index in [1.165, 1.54) is 4.68 Å². The normalized spacial score (nSPS) is 14.9. The van der Waals surface area contributed by atoms with Gasteiger partial charge in [-0.25, -0.2) is 4.68 Å². The zero-order valence-electron chi connectivity index (χ0n) is 17.8. The highest BCUT2D eigenvalue weighted by atomic mass is 19.4. The Labute approximate surface area is 188 Å². The summed E-state index contributed by atoms with van der Waals surface area (Å²) < 4.78 is 40.8. The second kappa shape index (κ2) is 8.03. The van der Waals surface area contributed by atoms with E-state index in [0.717, 1.165) is 35.4 Å². The first-order valence-electron chi connectivity index (χ1n) is 10.7. The monoisotopic (exact) mass is 450 g/mol. The molecule has 5 rings (SSSR count). The van der Waals surface area contributed by atoms with Gasteiger partial charge in [0.1, 0.15) is 0 Å². The molecule has 168 valence electrons. The van der Waals surface area contributed by atoms with Gasteiger partial charge in [0.15, 0.2) is 5.69 Å². The highest BCUT2D eigenvalue weighted by molar-refractivity contribution is 5.96. The number of halogens is 3. The number of nitrogens with zero attached hydrogens (tertiary/aromatic N) is 3. The molecule has 1 amide bonds. The highest BCUT2D eigenvalue weighted by Gasteiger charge is 2.38. The lowest BCUT2D eigenvalue weighted by Gasteiger charge is -2.14. The summed E-state index contributed by atoms with van der Waals surface area (Å²) in [4.78, 5) is 17.1. The molecule has 0 aliphatic heterocycles. The van der Waals surface area contributed by atoms with Crippen LogP contribution in [0.25, 0.3) is 16.6 Å². The fraction of sp³-hybridized carbons (Fsp3) is 0.240. The molecule has 0 bridgehead atoms. The standard InChI is InChI=1S/C25H21F3N4O/c1-15(17-6-11-21-18(13-17)3-2-12-29-21)24(33)30-19-7-9-20(10-8-19)32-22(16-4-5-16)14-23(31-32)25(26,27)28/h2-3,6-16H,4-5H2,1H3,(H,30,33). The highest BCUT2D eigenvalue weighted by Crippen LogP contribution is 2.43. The number of amides is 1. The van der Waals surface area contributed by atoms with Crippen LogP contribution in [0, 0.1) is 0 Å². The third-order valence-electron chi connectivity index (χ3n) is 5.92. The smallest absolute Gasteiger partial charge is 0.326 e. The van der Waals surface area contributed by atoms with Crippen LogP contribution < -0.4 is 5.32 Å². The fourth-order valence-electron chi connectivity index (χ4n) is 3.86. The van der Waals surface area contributed by atoms with Crippen LogP contribution in [0.4, 0.5) is 18.9 Å². The molecule has 1 fully saturated rings. The SMILES string of the molecule is CC(C(=O)Nc1ccc(-n2nc(C(F)(F)F)cc2C2CC2)cc1)c1ccc2ncccc2c1. The van der Waals surface area contributed by atoms with E-state index in [9.17, 15) is 18.0 Å². The van der Waals surface area contributed by atoms with Crippen LogP contribution in [-0.2, 0) is 11.0 Å². The number of carbonyl (C=O) groups is 1. The third-order valence-corrected chi connectivity index (χ3v) is 5.92. The van der Waals surface area contributed by atoms with Crippen molar-refractivity contribution >= 4 is 22.5 Å². The number of benzene rings is 2. The Hall–Kier alpha value is -3.68. The third kappa shape index (κ3) is 4.33. The van der Waals surface area contributed by atoms with Crippen LogP contribution >= 0.6 is 0 Å². The molecule has 8 heteroatoms. The summed E-state index contributed by atoms with van der Waals surface area (Å²) in [7, 11) is 0. The number of hydrogen-bond donors (Lipinski definition) is 1. The Bertz CT molecular complexity index is 1320. The molecule has 1 aliphatic rings. The number of anilines is 1. The van der Waals surface area contributed by atoms with Crippen molar-refractivity contribution in [2.45, 2.75) is 37.8 Å². The van der Waals surface area contributed by atoms with Crippen LogP contribution in [0.5, 0.6) is 0 Å². The van der Waals surface area contributed by atoms with Crippen molar-refractivity contribution in [2.75, 3.05) is 5.32 Å². The fourth-order valence-corrected chi connectivity index (χ4v) is 3.86. The van der Waals surface area contributed by atoms with Crippen molar-refractivity contribution in [1.29, 1.82) is 0 Å². The van der Waals surface area contributed by atoms with E-state index in [2.05, 4.69) is 15.4 Å². The van der Waals surface area contributed by atoms with E-state index in [0.29, 0.717) is 17.1 Å². The molecule has 2 aromatic heterocycles. The predicted octanol–water partition coefficient (Wildman–Crippen LogP) is 6.06. The van der Waals surface area contributed by atoms with Gasteiger partial charge in [0.25, 0.3) is 0 Å². The number of pyridine rings is 1. The van der Waals surface area contributed by atoms with Crippen LogP contribution in [-0.4, -0.2) is 20.7 Å². The average molecular weight is 450 g/mol. The van der Waals surface area contributed by atoms with Gasteiger partial charge in [0.2, 0.25) is 5.91 Å². The Morgan fingerprint density at radius 1 is 1.09 bits per heavy atom. The summed E-state index contributed by atoms with van der Waals surface area (Å²) in [5, 5.41) is 7.64. The minimum atomic E-state index is -4.49. The largest absolute Gasteiger partial charge is 0.435 e. The zero-order valence-corrected chi connectivity index (χ0v) is 17.8. The molecule has 4 aromatic rings. The summed E-state index contributed by atoms with van der Waals surface area (Å²) in [5.41, 5.74) is 2.51. The molecule has 5 nitrogen and oxygen atoms in total. The van der Waals surface area contributed by atoms with Crippen molar-refractivity contribution in [3.8, 4) is 5.69 Å². The second-order valence-corrected chi connectivity index (χ2v) is 8.35. The number of carbonyl (C=O) groups excluding carboxylic acids is 1.